The zero-order valence-electron chi connectivity index (χ0n) is 19.1. The minimum atomic E-state index is 0.332. The predicted molar refractivity (Wildman–Crippen MR) is 133 cm³/mol. The van der Waals surface area contributed by atoms with E-state index in [4.69, 9.17) is 42.1 Å². The maximum absolute atomic E-state index is 6.25. The highest BCUT2D eigenvalue weighted by Gasteiger charge is 2.09. The number of nitrogens with one attached hydrogen (secondary N) is 1. The van der Waals surface area contributed by atoms with Crippen LogP contribution in [0.5, 0.6) is 23.0 Å². The lowest BCUT2D eigenvalue weighted by atomic mass is 10.1. The van der Waals surface area contributed by atoms with E-state index in [1.54, 1.807) is 26.4 Å². The largest absolute Gasteiger partial charge is 0.493 e. The Morgan fingerprint density at radius 2 is 1.48 bits per heavy atom. The molecule has 0 saturated heterocycles. The summed E-state index contributed by atoms with van der Waals surface area (Å²) in [5.41, 5.74) is 3.16. The van der Waals surface area contributed by atoms with Crippen LogP contribution in [0.25, 0.3) is 0 Å². The van der Waals surface area contributed by atoms with Gasteiger partial charge < -0.3 is 24.3 Å². The molecule has 0 aromatic heterocycles. The van der Waals surface area contributed by atoms with Crippen molar-refractivity contribution in [1.82, 2.24) is 5.32 Å². The molecule has 0 fully saturated rings. The van der Waals surface area contributed by atoms with Gasteiger partial charge in [0.1, 0.15) is 6.61 Å². The minimum Gasteiger partial charge on any atom is -0.493 e. The van der Waals surface area contributed by atoms with Crippen molar-refractivity contribution >= 4 is 23.2 Å². The van der Waals surface area contributed by atoms with Gasteiger partial charge >= 0.3 is 0 Å². The molecular weight excluding hydrogens is 461 g/mol. The SMILES string of the molecule is CCOc1cc(CNCCc2ccc(OC)c(OC)c2)ccc1OCc1ccc(Cl)cc1Cl. The molecule has 0 radical (unpaired) electrons. The van der Waals surface area contributed by atoms with Crippen molar-refractivity contribution in [2.24, 2.45) is 0 Å². The van der Waals surface area contributed by atoms with E-state index in [2.05, 4.69) is 11.4 Å². The summed E-state index contributed by atoms with van der Waals surface area (Å²) in [5, 5.41) is 4.66. The summed E-state index contributed by atoms with van der Waals surface area (Å²) in [5.74, 6) is 2.86. The van der Waals surface area contributed by atoms with E-state index < -0.39 is 0 Å². The van der Waals surface area contributed by atoms with E-state index in [1.807, 2.05) is 43.3 Å². The van der Waals surface area contributed by atoms with Gasteiger partial charge in [-0.1, -0.05) is 41.4 Å². The molecule has 3 rings (SSSR count). The fraction of sp³-hybridized carbons (Fsp3) is 0.308. The molecule has 0 saturated carbocycles. The van der Waals surface area contributed by atoms with Crippen molar-refractivity contribution in [3.8, 4) is 23.0 Å². The highest BCUT2D eigenvalue weighted by atomic mass is 35.5. The first-order valence-corrected chi connectivity index (χ1v) is 11.5. The van der Waals surface area contributed by atoms with Gasteiger partial charge in [-0.15, -0.1) is 0 Å². The van der Waals surface area contributed by atoms with E-state index in [9.17, 15) is 0 Å². The first kappa shape index (κ1) is 25.0. The quantitative estimate of drug-likeness (QED) is 0.301. The van der Waals surface area contributed by atoms with Crippen LogP contribution in [0.4, 0.5) is 0 Å². The Morgan fingerprint density at radius 3 is 2.21 bits per heavy atom. The van der Waals surface area contributed by atoms with Crippen LogP contribution >= 0.6 is 23.2 Å². The smallest absolute Gasteiger partial charge is 0.161 e. The Bertz CT molecular complexity index is 1060. The Kier molecular flexibility index (Phi) is 9.55. The first-order valence-electron chi connectivity index (χ1n) is 10.8. The van der Waals surface area contributed by atoms with Crippen LogP contribution in [0.2, 0.25) is 10.0 Å². The average Bonchev–Trinajstić information content (AvgIpc) is 2.82. The van der Waals surface area contributed by atoms with Gasteiger partial charge in [0.15, 0.2) is 23.0 Å². The van der Waals surface area contributed by atoms with Gasteiger partial charge in [0.05, 0.1) is 20.8 Å². The van der Waals surface area contributed by atoms with E-state index in [-0.39, 0.29) is 0 Å². The van der Waals surface area contributed by atoms with Crippen LogP contribution in [0, 0.1) is 0 Å². The maximum atomic E-state index is 6.25. The number of halogens is 2. The number of rotatable bonds is 12. The molecule has 0 amide bonds. The van der Waals surface area contributed by atoms with Gasteiger partial charge in [-0.05, 0) is 67.4 Å². The molecule has 0 aliphatic carbocycles. The van der Waals surface area contributed by atoms with E-state index in [1.165, 1.54) is 5.56 Å². The summed E-state index contributed by atoms with van der Waals surface area (Å²) in [7, 11) is 3.28. The molecule has 3 aromatic rings. The van der Waals surface area contributed by atoms with Crippen molar-refractivity contribution in [2.45, 2.75) is 26.5 Å². The molecule has 3 aromatic carbocycles. The van der Waals surface area contributed by atoms with Crippen LogP contribution < -0.4 is 24.3 Å². The molecule has 0 atom stereocenters. The highest BCUT2D eigenvalue weighted by molar-refractivity contribution is 6.35. The summed E-state index contributed by atoms with van der Waals surface area (Å²) in [4.78, 5) is 0. The molecule has 33 heavy (non-hydrogen) atoms. The van der Waals surface area contributed by atoms with E-state index in [0.717, 1.165) is 42.1 Å². The molecular formula is C26H29Cl2NO4. The lowest BCUT2D eigenvalue weighted by Crippen LogP contribution is -2.16. The maximum Gasteiger partial charge on any atom is 0.161 e. The van der Waals surface area contributed by atoms with Gasteiger partial charge in [-0.2, -0.15) is 0 Å². The fourth-order valence-electron chi connectivity index (χ4n) is 3.35. The zero-order valence-corrected chi connectivity index (χ0v) is 20.6. The summed E-state index contributed by atoms with van der Waals surface area (Å²) in [6.07, 6.45) is 0.877. The first-order chi connectivity index (χ1) is 16.0. The summed E-state index contributed by atoms with van der Waals surface area (Å²) >= 11 is 12.2. The lowest BCUT2D eigenvalue weighted by molar-refractivity contribution is 0.269. The Hall–Kier alpha value is -2.60. The van der Waals surface area contributed by atoms with Gasteiger partial charge in [-0.25, -0.2) is 0 Å². The summed E-state index contributed by atoms with van der Waals surface area (Å²) in [6, 6.07) is 17.3. The summed E-state index contributed by atoms with van der Waals surface area (Å²) in [6.45, 7) is 4.38. The van der Waals surface area contributed by atoms with Crippen molar-refractivity contribution in [2.75, 3.05) is 27.4 Å². The summed E-state index contributed by atoms with van der Waals surface area (Å²) < 4.78 is 22.5. The highest BCUT2D eigenvalue weighted by Crippen LogP contribution is 2.31. The van der Waals surface area contributed by atoms with Crippen LogP contribution in [0.15, 0.2) is 54.6 Å². The second-order valence-corrected chi connectivity index (χ2v) is 8.20. The Balaban J connectivity index is 1.56. The van der Waals surface area contributed by atoms with Crippen LogP contribution in [0.1, 0.15) is 23.6 Å². The molecule has 0 heterocycles. The molecule has 5 nitrogen and oxygen atoms in total. The number of hydrogen-bond acceptors (Lipinski definition) is 5. The van der Waals surface area contributed by atoms with Gasteiger partial charge in [-0.3, -0.25) is 0 Å². The number of benzene rings is 3. The second-order valence-electron chi connectivity index (χ2n) is 7.35. The monoisotopic (exact) mass is 489 g/mol. The molecule has 0 aliphatic rings. The molecule has 176 valence electrons. The van der Waals surface area contributed by atoms with E-state index >= 15 is 0 Å². The van der Waals surface area contributed by atoms with Crippen LogP contribution in [-0.4, -0.2) is 27.4 Å². The van der Waals surface area contributed by atoms with Gasteiger partial charge in [0, 0.05) is 22.2 Å². The third-order valence-electron chi connectivity index (χ3n) is 5.07. The average molecular weight is 490 g/mol. The Labute approximate surface area is 205 Å². The molecule has 1 N–H and O–H groups in total. The second kappa shape index (κ2) is 12.6. The van der Waals surface area contributed by atoms with E-state index in [0.29, 0.717) is 34.8 Å². The standard InChI is InChI=1S/C26H29Cl2NO4/c1-4-32-26-14-19(6-10-24(26)33-17-20-7-8-21(27)15-22(20)28)16-29-12-11-18-5-9-23(30-2)25(13-18)31-3/h5-10,13-15,29H,4,11-12,16-17H2,1-3H3. The van der Waals surface area contributed by atoms with Gasteiger partial charge in [0.2, 0.25) is 0 Å². The van der Waals surface area contributed by atoms with Crippen LogP contribution in [-0.2, 0) is 19.6 Å². The Morgan fingerprint density at radius 1 is 0.758 bits per heavy atom. The lowest BCUT2D eigenvalue weighted by Gasteiger charge is -2.14. The third kappa shape index (κ3) is 7.19. The molecule has 7 heteroatoms. The minimum absolute atomic E-state index is 0.332. The molecule has 0 aliphatic heterocycles. The van der Waals surface area contributed by atoms with Crippen molar-refractivity contribution in [3.63, 3.8) is 0 Å². The molecule has 0 unspecified atom stereocenters. The topological polar surface area (TPSA) is 49.0 Å². The van der Waals surface area contributed by atoms with Crippen LogP contribution in [0.3, 0.4) is 0 Å². The van der Waals surface area contributed by atoms with Crippen molar-refractivity contribution in [1.29, 1.82) is 0 Å². The number of hydrogen-bond donors (Lipinski definition) is 1. The third-order valence-corrected chi connectivity index (χ3v) is 5.66. The molecule has 0 bridgehead atoms. The van der Waals surface area contributed by atoms with Crippen molar-refractivity contribution in [3.05, 3.63) is 81.3 Å². The normalized spacial score (nSPS) is 10.7. The number of methoxy groups -OCH3 is 2. The zero-order chi connectivity index (χ0) is 23.6. The van der Waals surface area contributed by atoms with Crippen molar-refractivity contribution < 1.29 is 18.9 Å². The fourth-order valence-corrected chi connectivity index (χ4v) is 3.81. The van der Waals surface area contributed by atoms with Gasteiger partial charge in [0.25, 0.3) is 0 Å². The number of ether oxygens (including phenoxy) is 4. The molecule has 0 spiro atoms. The predicted octanol–water partition coefficient (Wildman–Crippen LogP) is 6.32.